The van der Waals surface area contributed by atoms with Gasteiger partial charge < -0.3 is 9.30 Å². The molecule has 2 aliphatic rings. The standard InChI is InChI=1S/C16H19F5NO2P/c1-25(2,23)7-22-8-3-4-9(22)6-10(5-8)24-16-14(20)12(18)11(17)13(19)15(16)21/h8-10H,3-7H2,1-2H3/t8-,9+,10-. The van der Waals surface area contributed by atoms with Crippen molar-refractivity contribution >= 4 is 7.14 Å². The van der Waals surface area contributed by atoms with Crippen LogP contribution < -0.4 is 4.74 Å². The monoisotopic (exact) mass is 383 g/mol. The molecular formula is C16H19F5NO2P. The van der Waals surface area contributed by atoms with Gasteiger partial charge in [0.15, 0.2) is 5.75 Å². The van der Waals surface area contributed by atoms with Crippen LogP contribution in [0.25, 0.3) is 0 Å². The molecule has 25 heavy (non-hydrogen) atoms. The molecule has 1 aromatic rings. The summed E-state index contributed by atoms with van der Waals surface area (Å²) in [5.41, 5.74) is 0. The van der Waals surface area contributed by atoms with Gasteiger partial charge in [-0.3, -0.25) is 4.90 Å². The van der Waals surface area contributed by atoms with E-state index >= 15 is 0 Å². The number of ether oxygens (including phenoxy) is 1. The molecule has 0 unspecified atom stereocenters. The summed E-state index contributed by atoms with van der Waals surface area (Å²) in [7, 11) is -2.27. The Labute approximate surface area is 142 Å². The summed E-state index contributed by atoms with van der Waals surface area (Å²) in [5, 5.41) is 0. The summed E-state index contributed by atoms with van der Waals surface area (Å²) in [6.07, 6.45) is 2.28. The number of nitrogens with zero attached hydrogens (tertiary/aromatic N) is 1. The van der Waals surface area contributed by atoms with Crippen LogP contribution in [0, 0.1) is 29.1 Å². The highest BCUT2D eigenvalue weighted by Gasteiger charge is 2.43. The van der Waals surface area contributed by atoms with Gasteiger partial charge in [0, 0.05) is 12.1 Å². The lowest BCUT2D eigenvalue weighted by Gasteiger charge is -2.39. The molecule has 0 N–H and O–H groups in total. The lowest BCUT2D eigenvalue weighted by Crippen LogP contribution is -2.46. The van der Waals surface area contributed by atoms with Crippen molar-refractivity contribution in [2.45, 2.75) is 43.9 Å². The van der Waals surface area contributed by atoms with Crippen molar-refractivity contribution in [3.05, 3.63) is 29.1 Å². The first-order valence-electron chi connectivity index (χ1n) is 8.06. The molecule has 3 nitrogen and oxygen atoms in total. The van der Waals surface area contributed by atoms with E-state index in [0.717, 1.165) is 12.8 Å². The van der Waals surface area contributed by atoms with Crippen molar-refractivity contribution in [1.29, 1.82) is 0 Å². The Morgan fingerprint density at radius 3 is 1.80 bits per heavy atom. The van der Waals surface area contributed by atoms with Crippen LogP contribution in [-0.4, -0.2) is 42.7 Å². The van der Waals surface area contributed by atoms with Gasteiger partial charge in [0.05, 0.1) is 13.4 Å². The molecule has 0 aromatic heterocycles. The zero-order valence-corrected chi connectivity index (χ0v) is 14.8. The average Bonchev–Trinajstić information content (AvgIpc) is 2.76. The largest absolute Gasteiger partial charge is 0.484 e. The van der Waals surface area contributed by atoms with E-state index < -0.39 is 48.1 Å². The van der Waals surface area contributed by atoms with Gasteiger partial charge in [-0.15, -0.1) is 0 Å². The van der Waals surface area contributed by atoms with Crippen molar-refractivity contribution in [2.24, 2.45) is 0 Å². The minimum atomic E-state index is -2.27. The van der Waals surface area contributed by atoms with Gasteiger partial charge in [-0.05, 0) is 39.0 Å². The molecule has 0 saturated carbocycles. The normalized spacial score (nSPS) is 26.9. The maximum atomic E-state index is 13.8. The van der Waals surface area contributed by atoms with E-state index in [4.69, 9.17) is 4.74 Å². The average molecular weight is 383 g/mol. The topological polar surface area (TPSA) is 29.5 Å². The molecule has 3 rings (SSSR count). The summed E-state index contributed by atoms with van der Waals surface area (Å²) in [6, 6.07) is 0.0801. The van der Waals surface area contributed by atoms with Crippen LogP contribution in [0.4, 0.5) is 22.0 Å². The maximum Gasteiger partial charge on any atom is 0.207 e. The van der Waals surface area contributed by atoms with E-state index in [9.17, 15) is 26.5 Å². The second-order valence-corrected chi connectivity index (χ2v) is 10.7. The number of hydrogen-bond donors (Lipinski definition) is 0. The van der Waals surface area contributed by atoms with Gasteiger partial charge >= 0.3 is 0 Å². The second kappa shape index (κ2) is 6.54. The number of piperidine rings is 1. The molecular weight excluding hydrogens is 364 g/mol. The quantitative estimate of drug-likeness (QED) is 0.335. The Morgan fingerprint density at radius 1 is 0.920 bits per heavy atom. The molecule has 2 fully saturated rings. The lowest BCUT2D eigenvalue weighted by molar-refractivity contribution is 0.0543. The Hall–Kier alpha value is -1.14. The van der Waals surface area contributed by atoms with E-state index in [1.54, 1.807) is 13.3 Å². The molecule has 3 atom stereocenters. The van der Waals surface area contributed by atoms with Gasteiger partial charge in [-0.1, -0.05) is 0 Å². The van der Waals surface area contributed by atoms with Gasteiger partial charge in [-0.25, -0.2) is 13.2 Å². The number of halogens is 5. The van der Waals surface area contributed by atoms with E-state index in [1.807, 2.05) is 0 Å². The summed E-state index contributed by atoms with van der Waals surface area (Å²) in [5.74, 6) is -11.3. The van der Waals surface area contributed by atoms with Crippen molar-refractivity contribution in [3.63, 3.8) is 0 Å². The molecule has 1 aromatic carbocycles. The Morgan fingerprint density at radius 2 is 1.36 bits per heavy atom. The second-order valence-electron chi connectivity index (χ2n) is 7.22. The summed E-state index contributed by atoms with van der Waals surface area (Å²) in [4.78, 5) is 2.12. The molecule has 0 spiro atoms. The highest BCUT2D eigenvalue weighted by molar-refractivity contribution is 7.62. The van der Waals surface area contributed by atoms with E-state index in [1.165, 1.54) is 0 Å². The van der Waals surface area contributed by atoms with Crippen LogP contribution >= 0.6 is 7.14 Å². The summed E-state index contributed by atoms with van der Waals surface area (Å²) < 4.78 is 84.5. The predicted molar refractivity (Wildman–Crippen MR) is 82.9 cm³/mol. The zero-order chi connectivity index (χ0) is 18.5. The minimum absolute atomic E-state index is 0.0400. The molecule has 9 heteroatoms. The number of benzene rings is 1. The first-order valence-corrected chi connectivity index (χ1v) is 10.8. The van der Waals surface area contributed by atoms with E-state index in [0.29, 0.717) is 19.1 Å². The first kappa shape index (κ1) is 18.6. The van der Waals surface area contributed by atoms with Crippen LogP contribution in [0.2, 0.25) is 0 Å². The number of fused-ring (bicyclic) bond motifs is 2. The van der Waals surface area contributed by atoms with Crippen molar-refractivity contribution in [3.8, 4) is 5.75 Å². The molecule has 2 heterocycles. The van der Waals surface area contributed by atoms with Crippen molar-refractivity contribution in [2.75, 3.05) is 19.6 Å². The van der Waals surface area contributed by atoms with Crippen LogP contribution in [0.15, 0.2) is 0 Å². The van der Waals surface area contributed by atoms with Crippen molar-refractivity contribution < 1.29 is 31.3 Å². The van der Waals surface area contributed by atoms with Crippen LogP contribution in [0.3, 0.4) is 0 Å². The molecule has 2 aliphatic heterocycles. The molecule has 0 radical (unpaired) electrons. The molecule has 0 amide bonds. The Bertz CT molecular complexity index is 695. The van der Waals surface area contributed by atoms with E-state index in [-0.39, 0.29) is 12.1 Å². The number of hydrogen-bond acceptors (Lipinski definition) is 3. The fourth-order valence-corrected chi connectivity index (χ4v) is 5.05. The predicted octanol–water partition coefficient (Wildman–Crippen LogP) is 4.34. The van der Waals surface area contributed by atoms with Crippen molar-refractivity contribution in [1.82, 2.24) is 4.90 Å². The third kappa shape index (κ3) is 3.56. The fraction of sp³-hybridized carbons (Fsp3) is 0.625. The maximum absolute atomic E-state index is 13.8. The SMILES string of the molecule is CP(C)(=O)CN1[C@@H]2CC[C@H]1C[C@H](Oc1c(F)c(F)c(F)c(F)c1F)C2. The molecule has 140 valence electrons. The molecule has 2 bridgehead atoms. The minimum Gasteiger partial charge on any atom is -0.484 e. The molecule has 2 saturated heterocycles. The number of rotatable bonds is 4. The van der Waals surface area contributed by atoms with Crippen LogP contribution in [0.1, 0.15) is 25.7 Å². The molecule has 0 aliphatic carbocycles. The highest BCUT2D eigenvalue weighted by Crippen LogP contribution is 2.45. The van der Waals surface area contributed by atoms with Crippen LogP contribution in [0.5, 0.6) is 5.75 Å². The van der Waals surface area contributed by atoms with Gasteiger partial charge in [0.1, 0.15) is 6.10 Å². The zero-order valence-electron chi connectivity index (χ0n) is 13.9. The highest BCUT2D eigenvalue weighted by atomic mass is 31.2. The van der Waals surface area contributed by atoms with Crippen LogP contribution in [-0.2, 0) is 4.57 Å². The Balaban J connectivity index is 1.78. The first-order chi connectivity index (χ1) is 11.6. The Kier molecular flexibility index (Phi) is 4.88. The van der Waals surface area contributed by atoms with Gasteiger partial charge in [0.2, 0.25) is 29.1 Å². The third-order valence-electron chi connectivity index (χ3n) is 4.80. The summed E-state index contributed by atoms with van der Waals surface area (Å²) in [6.45, 7) is 3.40. The fourth-order valence-electron chi connectivity index (χ4n) is 3.80. The summed E-state index contributed by atoms with van der Waals surface area (Å²) >= 11 is 0. The van der Waals surface area contributed by atoms with Gasteiger partial charge in [0.25, 0.3) is 0 Å². The third-order valence-corrected chi connectivity index (χ3v) is 5.81. The smallest absolute Gasteiger partial charge is 0.207 e. The lowest BCUT2D eigenvalue weighted by atomic mass is 10.0. The van der Waals surface area contributed by atoms with E-state index in [2.05, 4.69) is 4.90 Å². The van der Waals surface area contributed by atoms with Gasteiger partial charge in [-0.2, -0.15) is 8.78 Å².